The van der Waals surface area contributed by atoms with Gasteiger partial charge in [-0.3, -0.25) is 4.79 Å². The monoisotopic (exact) mass is 329 g/mol. The topological polar surface area (TPSA) is 38.3 Å². The molecule has 0 aliphatic carbocycles. The van der Waals surface area contributed by atoms with Gasteiger partial charge in [0.25, 0.3) is 0 Å². The summed E-state index contributed by atoms with van der Waals surface area (Å²) in [6.45, 7) is 8.56. The Balaban J connectivity index is 1.83. The third kappa shape index (κ3) is 5.08. The molecule has 0 aliphatic rings. The van der Waals surface area contributed by atoms with Crippen molar-refractivity contribution in [3.63, 3.8) is 0 Å². The average molecular weight is 329 g/mol. The second-order valence-corrected chi connectivity index (χ2v) is 6.88. The van der Waals surface area contributed by atoms with Gasteiger partial charge in [-0.25, -0.2) is 4.39 Å². The van der Waals surface area contributed by atoms with E-state index in [-0.39, 0.29) is 30.2 Å². The van der Waals surface area contributed by atoms with Crippen LogP contribution >= 0.6 is 0 Å². The van der Waals surface area contributed by atoms with Crippen molar-refractivity contribution in [1.82, 2.24) is 0 Å². The van der Waals surface area contributed by atoms with E-state index in [1.165, 1.54) is 17.7 Å². The minimum atomic E-state index is -0.369. The van der Waals surface area contributed by atoms with Crippen LogP contribution in [0.4, 0.5) is 10.1 Å². The van der Waals surface area contributed by atoms with Crippen molar-refractivity contribution in [3.8, 4) is 5.75 Å². The molecule has 1 amide bonds. The molecule has 0 heterocycles. The minimum absolute atomic E-state index is 0.0984. The first-order valence-electron chi connectivity index (χ1n) is 8.05. The van der Waals surface area contributed by atoms with Crippen LogP contribution in [-0.2, 0) is 10.2 Å². The van der Waals surface area contributed by atoms with Gasteiger partial charge in [0.1, 0.15) is 11.6 Å². The summed E-state index contributed by atoms with van der Waals surface area (Å²) in [6.07, 6.45) is 0.205. The molecule has 2 aromatic rings. The first-order valence-corrected chi connectivity index (χ1v) is 8.05. The van der Waals surface area contributed by atoms with E-state index in [0.717, 1.165) is 11.3 Å². The first kappa shape index (κ1) is 18.0. The predicted octanol–water partition coefficient (Wildman–Crippen LogP) is 4.84. The number of amides is 1. The molecule has 128 valence electrons. The maximum atomic E-state index is 13.2. The van der Waals surface area contributed by atoms with Gasteiger partial charge in [-0.1, -0.05) is 39.0 Å². The van der Waals surface area contributed by atoms with Gasteiger partial charge in [-0.05, 0) is 47.7 Å². The number of carbonyl (C=O) groups excluding carboxylic acids is 1. The van der Waals surface area contributed by atoms with Crippen LogP contribution in [0.25, 0.3) is 0 Å². The number of ether oxygens (including phenoxy) is 1. The Bertz CT molecular complexity index is 703. The molecule has 0 aromatic heterocycles. The van der Waals surface area contributed by atoms with Crippen molar-refractivity contribution in [1.29, 1.82) is 0 Å². The van der Waals surface area contributed by atoms with E-state index < -0.39 is 0 Å². The van der Waals surface area contributed by atoms with Crippen molar-refractivity contribution in [2.45, 2.75) is 39.5 Å². The second-order valence-electron chi connectivity index (χ2n) is 6.88. The Morgan fingerprint density at radius 1 is 1.12 bits per heavy atom. The highest BCUT2D eigenvalue weighted by Crippen LogP contribution is 2.24. The quantitative estimate of drug-likeness (QED) is 0.852. The highest BCUT2D eigenvalue weighted by Gasteiger charge is 2.13. The summed E-state index contributed by atoms with van der Waals surface area (Å²) in [5.41, 5.74) is 2.65. The van der Waals surface area contributed by atoms with Crippen LogP contribution in [0.3, 0.4) is 0 Å². The van der Waals surface area contributed by atoms with E-state index in [0.29, 0.717) is 5.69 Å². The molecule has 0 saturated heterocycles. The number of rotatable bonds is 5. The Labute approximate surface area is 142 Å². The molecule has 0 atom stereocenters. The third-order valence-electron chi connectivity index (χ3n) is 3.79. The number of carbonyl (C=O) groups is 1. The molecule has 0 saturated carbocycles. The number of aryl methyl sites for hydroxylation is 1. The Kier molecular flexibility index (Phi) is 5.60. The maximum Gasteiger partial charge on any atom is 0.227 e. The fourth-order valence-corrected chi connectivity index (χ4v) is 2.25. The number of halogens is 1. The lowest BCUT2D eigenvalue weighted by atomic mass is 9.87. The molecule has 3 nitrogen and oxygen atoms in total. The average Bonchev–Trinajstić information content (AvgIpc) is 2.50. The smallest absolute Gasteiger partial charge is 0.227 e. The summed E-state index contributed by atoms with van der Waals surface area (Å²) in [7, 11) is 0. The summed E-state index contributed by atoms with van der Waals surface area (Å²) in [5.74, 6) is 0.166. The molecular formula is C20H24FNO2. The Morgan fingerprint density at radius 3 is 2.42 bits per heavy atom. The highest BCUT2D eigenvalue weighted by atomic mass is 19.1. The largest absolute Gasteiger partial charge is 0.493 e. The summed E-state index contributed by atoms with van der Waals surface area (Å²) < 4.78 is 18.8. The molecule has 0 fully saturated rings. The molecule has 0 spiro atoms. The Morgan fingerprint density at radius 2 is 1.79 bits per heavy atom. The van der Waals surface area contributed by atoms with Gasteiger partial charge >= 0.3 is 0 Å². The Hall–Kier alpha value is -2.36. The van der Waals surface area contributed by atoms with Crippen molar-refractivity contribution in [2.24, 2.45) is 0 Å². The van der Waals surface area contributed by atoms with Gasteiger partial charge in [-0.15, -0.1) is 0 Å². The predicted molar refractivity (Wildman–Crippen MR) is 95.0 cm³/mol. The van der Waals surface area contributed by atoms with Crippen molar-refractivity contribution < 1.29 is 13.9 Å². The van der Waals surface area contributed by atoms with Crippen LogP contribution in [0.1, 0.15) is 38.3 Å². The van der Waals surface area contributed by atoms with E-state index >= 15 is 0 Å². The van der Waals surface area contributed by atoms with Crippen LogP contribution in [0, 0.1) is 12.7 Å². The van der Waals surface area contributed by atoms with E-state index in [2.05, 4.69) is 26.1 Å². The summed E-state index contributed by atoms with van der Waals surface area (Å²) in [6, 6.07) is 12.2. The van der Waals surface area contributed by atoms with Crippen LogP contribution in [0.2, 0.25) is 0 Å². The first-order chi connectivity index (χ1) is 11.3. The molecule has 0 aliphatic heterocycles. The zero-order valence-electron chi connectivity index (χ0n) is 14.7. The molecule has 0 unspecified atom stereocenters. The van der Waals surface area contributed by atoms with Crippen LogP contribution in [0.15, 0.2) is 42.5 Å². The number of nitrogens with one attached hydrogen (secondary N) is 1. The van der Waals surface area contributed by atoms with Crippen LogP contribution in [0.5, 0.6) is 5.75 Å². The molecular weight excluding hydrogens is 305 g/mol. The molecule has 24 heavy (non-hydrogen) atoms. The lowest BCUT2D eigenvalue weighted by Gasteiger charge is -2.19. The van der Waals surface area contributed by atoms with Crippen molar-refractivity contribution in [3.05, 3.63) is 59.4 Å². The summed E-state index contributed by atoms with van der Waals surface area (Å²) in [4.78, 5) is 11.9. The van der Waals surface area contributed by atoms with Crippen molar-refractivity contribution >= 4 is 11.6 Å². The second kappa shape index (κ2) is 7.47. The number of benzene rings is 2. The van der Waals surface area contributed by atoms with E-state index in [4.69, 9.17) is 4.74 Å². The normalized spacial score (nSPS) is 11.2. The third-order valence-corrected chi connectivity index (χ3v) is 3.79. The fourth-order valence-electron chi connectivity index (χ4n) is 2.25. The zero-order chi connectivity index (χ0) is 17.7. The lowest BCUT2D eigenvalue weighted by molar-refractivity contribution is -0.116. The molecule has 0 bridgehead atoms. The van der Waals surface area contributed by atoms with E-state index in [1.54, 1.807) is 6.07 Å². The molecule has 2 rings (SSSR count). The van der Waals surface area contributed by atoms with Gasteiger partial charge in [0, 0.05) is 5.69 Å². The van der Waals surface area contributed by atoms with Crippen LogP contribution in [-0.4, -0.2) is 12.5 Å². The van der Waals surface area contributed by atoms with E-state index in [9.17, 15) is 9.18 Å². The standard InChI is InChI=1S/C20H24FNO2/c1-14-5-8-16(21)13-18(14)22-19(23)11-12-24-17-9-6-15(7-10-17)20(2,3)4/h5-10,13H,11-12H2,1-4H3,(H,22,23). The molecule has 4 heteroatoms. The van der Waals surface area contributed by atoms with Gasteiger partial charge < -0.3 is 10.1 Å². The lowest BCUT2D eigenvalue weighted by Crippen LogP contribution is -2.16. The fraction of sp³-hybridized carbons (Fsp3) is 0.350. The minimum Gasteiger partial charge on any atom is -0.493 e. The van der Waals surface area contributed by atoms with Crippen LogP contribution < -0.4 is 10.1 Å². The SMILES string of the molecule is Cc1ccc(F)cc1NC(=O)CCOc1ccc(C(C)(C)C)cc1. The molecule has 1 N–H and O–H groups in total. The van der Waals surface area contributed by atoms with Crippen molar-refractivity contribution in [2.75, 3.05) is 11.9 Å². The maximum absolute atomic E-state index is 13.2. The summed E-state index contributed by atoms with van der Waals surface area (Å²) in [5, 5.41) is 2.71. The number of hydrogen-bond donors (Lipinski definition) is 1. The number of anilines is 1. The molecule has 2 aromatic carbocycles. The zero-order valence-corrected chi connectivity index (χ0v) is 14.7. The van der Waals surface area contributed by atoms with Gasteiger partial charge in [0.05, 0.1) is 13.0 Å². The van der Waals surface area contributed by atoms with Gasteiger partial charge in [0.2, 0.25) is 5.91 Å². The summed E-state index contributed by atoms with van der Waals surface area (Å²) >= 11 is 0. The van der Waals surface area contributed by atoms with E-state index in [1.807, 2.05) is 31.2 Å². The number of hydrogen-bond acceptors (Lipinski definition) is 2. The van der Waals surface area contributed by atoms with Gasteiger partial charge in [-0.2, -0.15) is 0 Å². The van der Waals surface area contributed by atoms with Gasteiger partial charge in [0.15, 0.2) is 0 Å². The molecule has 0 radical (unpaired) electrons. The highest BCUT2D eigenvalue weighted by molar-refractivity contribution is 5.91.